The Hall–Kier alpha value is -2.90. The Labute approximate surface area is 146 Å². The average Bonchev–Trinajstić information content (AvgIpc) is 3.07. The topological polar surface area (TPSA) is 29.9 Å². The third-order valence-electron chi connectivity index (χ3n) is 3.80. The lowest BCUT2D eigenvalue weighted by Gasteiger charge is -2.08. The average molecular weight is 367 g/mol. The summed E-state index contributed by atoms with van der Waals surface area (Å²) in [6.45, 7) is -2.75. The Morgan fingerprint density at radius 2 is 1.65 bits per heavy atom. The van der Waals surface area contributed by atoms with E-state index in [4.69, 9.17) is 0 Å². The van der Waals surface area contributed by atoms with Crippen LogP contribution in [0, 0.1) is 5.82 Å². The highest BCUT2D eigenvalue weighted by Crippen LogP contribution is 2.32. The van der Waals surface area contributed by atoms with Gasteiger partial charge in [0.25, 0.3) is 6.43 Å². The van der Waals surface area contributed by atoms with Gasteiger partial charge in [-0.1, -0.05) is 30.3 Å². The van der Waals surface area contributed by atoms with Crippen molar-refractivity contribution in [2.75, 3.05) is 5.32 Å². The number of rotatable bonds is 6. The molecule has 0 spiro atoms. The molecule has 8 heteroatoms. The Bertz CT molecular complexity index is 875. The molecule has 0 atom stereocenters. The normalized spacial score (nSPS) is 11.3. The second-order valence-corrected chi connectivity index (χ2v) is 5.51. The zero-order valence-electron chi connectivity index (χ0n) is 13.3. The van der Waals surface area contributed by atoms with Crippen LogP contribution in [-0.4, -0.2) is 9.78 Å². The number of hydrogen-bond acceptors (Lipinski definition) is 2. The predicted octanol–water partition coefficient (Wildman–Crippen LogP) is 5.63. The summed E-state index contributed by atoms with van der Waals surface area (Å²) >= 11 is 0. The van der Waals surface area contributed by atoms with Gasteiger partial charge in [-0.25, -0.2) is 17.9 Å². The molecule has 26 heavy (non-hydrogen) atoms. The van der Waals surface area contributed by atoms with E-state index in [0.717, 1.165) is 6.20 Å². The van der Waals surface area contributed by atoms with E-state index < -0.39 is 18.7 Å². The lowest BCUT2D eigenvalue weighted by molar-refractivity contribution is 0.0537. The first-order valence-electron chi connectivity index (χ1n) is 7.69. The molecule has 0 aliphatic rings. The summed E-state index contributed by atoms with van der Waals surface area (Å²) in [5, 5.41) is 6.27. The van der Waals surface area contributed by atoms with Crippen LogP contribution in [0.2, 0.25) is 0 Å². The molecule has 1 N–H and O–H groups in total. The summed E-state index contributed by atoms with van der Waals surface area (Å²) in [7, 11) is 0. The van der Waals surface area contributed by atoms with Crippen LogP contribution in [0.1, 0.15) is 24.2 Å². The molecule has 3 rings (SSSR count). The van der Waals surface area contributed by atoms with Crippen molar-refractivity contribution in [2.45, 2.75) is 19.5 Å². The first-order valence-corrected chi connectivity index (χ1v) is 7.69. The molecule has 0 fully saturated rings. The molecule has 1 aromatic heterocycles. The first kappa shape index (κ1) is 17.9. The Kier molecular flexibility index (Phi) is 5.20. The van der Waals surface area contributed by atoms with Crippen molar-refractivity contribution >= 4 is 5.69 Å². The number of anilines is 1. The van der Waals surface area contributed by atoms with Crippen LogP contribution in [0.5, 0.6) is 0 Å². The van der Waals surface area contributed by atoms with E-state index in [0.29, 0.717) is 16.8 Å². The van der Waals surface area contributed by atoms with E-state index in [-0.39, 0.29) is 22.6 Å². The molecule has 1 heterocycles. The van der Waals surface area contributed by atoms with Gasteiger partial charge in [-0.2, -0.15) is 13.9 Å². The second-order valence-electron chi connectivity index (χ2n) is 5.51. The van der Waals surface area contributed by atoms with Crippen molar-refractivity contribution in [1.82, 2.24) is 9.78 Å². The maximum Gasteiger partial charge on any atom is 0.333 e. The van der Waals surface area contributed by atoms with Crippen molar-refractivity contribution in [3.05, 3.63) is 71.8 Å². The van der Waals surface area contributed by atoms with E-state index in [1.165, 1.54) is 18.2 Å². The Morgan fingerprint density at radius 1 is 0.962 bits per heavy atom. The van der Waals surface area contributed by atoms with Crippen LogP contribution in [0.4, 0.5) is 27.6 Å². The molecule has 0 radical (unpaired) electrons. The van der Waals surface area contributed by atoms with Crippen molar-refractivity contribution in [2.24, 2.45) is 0 Å². The van der Waals surface area contributed by atoms with E-state index in [9.17, 15) is 22.0 Å². The number of nitrogens with one attached hydrogen (secondary N) is 1. The molecule has 0 bridgehead atoms. The van der Waals surface area contributed by atoms with E-state index >= 15 is 0 Å². The van der Waals surface area contributed by atoms with Gasteiger partial charge >= 0.3 is 6.55 Å². The number of hydrogen-bond donors (Lipinski definition) is 1. The molecule has 3 aromatic rings. The molecular formula is C18H14F5N3. The van der Waals surface area contributed by atoms with Crippen LogP contribution in [0.3, 0.4) is 0 Å². The van der Waals surface area contributed by atoms with E-state index in [2.05, 4.69) is 10.4 Å². The number of nitrogens with zero attached hydrogens (tertiary/aromatic N) is 2. The van der Waals surface area contributed by atoms with Gasteiger partial charge < -0.3 is 5.32 Å². The van der Waals surface area contributed by atoms with Crippen LogP contribution in [-0.2, 0) is 6.54 Å². The molecule has 0 unspecified atom stereocenters. The fourth-order valence-electron chi connectivity index (χ4n) is 2.50. The van der Waals surface area contributed by atoms with Crippen LogP contribution >= 0.6 is 0 Å². The highest BCUT2D eigenvalue weighted by Gasteiger charge is 2.22. The van der Waals surface area contributed by atoms with Crippen LogP contribution in [0.15, 0.2) is 54.7 Å². The third-order valence-corrected chi connectivity index (χ3v) is 3.80. The standard InChI is InChI=1S/C18H14F5N3/c19-15-4-2-1-3-12(15)9-24-13-7-5-11(6-8-13)14-10-26(18(22)23)25-16(14)17(20)21/h1-8,10,17-18,24H,9H2. The summed E-state index contributed by atoms with van der Waals surface area (Å²) < 4.78 is 65.3. The van der Waals surface area contributed by atoms with Gasteiger partial charge in [-0.3, -0.25) is 0 Å². The van der Waals surface area contributed by atoms with Gasteiger partial charge in [-0.05, 0) is 23.8 Å². The van der Waals surface area contributed by atoms with Gasteiger partial charge in [-0.15, -0.1) is 0 Å². The fourth-order valence-corrected chi connectivity index (χ4v) is 2.50. The van der Waals surface area contributed by atoms with Gasteiger partial charge in [0, 0.05) is 29.6 Å². The minimum Gasteiger partial charge on any atom is -0.381 e. The first-order chi connectivity index (χ1) is 12.5. The maximum atomic E-state index is 13.6. The molecule has 0 aliphatic carbocycles. The zero-order valence-corrected chi connectivity index (χ0v) is 13.3. The molecule has 0 saturated heterocycles. The largest absolute Gasteiger partial charge is 0.381 e. The highest BCUT2D eigenvalue weighted by atomic mass is 19.3. The predicted molar refractivity (Wildman–Crippen MR) is 87.6 cm³/mol. The summed E-state index contributed by atoms with van der Waals surface area (Å²) in [4.78, 5) is 0. The molecule has 3 nitrogen and oxygen atoms in total. The van der Waals surface area contributed by atoms with Crippen LogP contribution in [0.25, 0.3) is 11.1 Å². The summed E-state index contributed by atoms with van der Waals surface area (Å²) in [5.41, 5.74) is 0.702. The third kappa shape index (κ3) is 3.84. The molecule has 0 saturated carbocycles. The van der Waals surface area contributed by atoms with Crippen molar-refractivity contribution in [3.8, 4) is 11.1 Å². The van der Waals surface area contributed by atoms with Crippen molar-refractivity contribution < 1.29 is 22.0 Å². The number of alkyl halides is 4. The van der Waals surface area contributed by atoms with E-state index in [1.807, 2.05) is 0 Å². The van der Waals surface area contributed by atoms with Gasteiger partial charge in [0.1, 0.15) is 11.5 Å². The quantitative estimate of drug-likeness (QED) is 0.572. The van der Waals surface area contributed by atoms with Crippen LogP contribution < -0.4 is 5.32 Å². The van der Waals surface area contributed by atoms with E-state index in [1.54, 1.807) is 30.3 Å². The monoisotopic (exact) mass is 367 g/mol. The van der Waals surface area contributed by atoms with Gasteiger partial charge in [0.15, 0.2) is 0 Å². The molecule has 0 aliphatic heterocycles. The Morgan fingerprint density at radius 3 is 2.27 bits per heavy atom. The molecule has 0 amide bonds. The molecular weight excluding hydrogens is 353 g/mol. The van der Waals surface area contributed by atoms with Gasteiger partial charge in [0.05, 0.1) is 0 Å². The fraction of sp³-hybridized carbons (Fsp3) is 0.167. The minimum absolute atomic E-state index is 0.0547. The van der Waals surface area contributed by atoms with Crippen molar-refractivity contribution in [1.29, 1.82) is 0 Å². The summed E-state index contributed by atoms with van der Waals surface area (Å²) in [5.74, 6) is -0.336. The SMILES string of the molecule is Fc1ccccc1CNc1ccc(-c2cn(C(F)F)nc2C(F)F)cc1. The molecule has 136 valence electrons. The van der Waals surface area contributed by atoms with Gasteiger partial charge in [0.2, 0.25) is 0 Å². The second kappa shape index (κ2) is 7.55. The smallest absolute Gasteiger partial charge is 0.333 e. The summed E-state index contributed by atoms with van der Waals surface area (Å²) in [6.07, 6.45) is -2.07. The summed E-state index contributed by atoms with van der Waals surface area (Å²) in [6, 6.07) is 12.5. The lowest BCUT2D eigenvalue weighted by atomic mass is 10.1. The number of benzene rings is 2. The minimum atomic E-state index is -3.00. The zero-order chi connectivity index (χ0) is 18.7. The number of aromatic nitrogens is 2. The lowest BCUT2D eigenvalue weighted by Crippen LogP contribution is -2.01. The maximum absolute atomic E-state index is 13.6. The van der Waals surface area contributed by atoms with Crippen molar-refractivity contribution in [3.63, 3.8) is 0 Å². The molecule has 2 aromatic carbocycles. The highest BCUT2D eigenvalue weighted by molar-refractivity contribution is 5.68. The Balaban J connectivity index is 1.78. The number of halogens is 5.